The first-order valence-corrected chi connectivity index (χ1v) is 7.50. The number of piperidine rings is 1. The number of hydrogen-bond acceptors (Lipinski definition) is 2. The molecule has 1 aliphatic heterocycles. The molecule has 1 N–H and O–H groups in total. The lowest BCUT2D eigenvalue weighted by Gasteiger charge is -2.40. The van der Waals surface area contributed by atoms with E-state index >= 15 is 0 Å². The Morgan fingerprint density at radius 2 is 2.05 bits per heavy atom. The molecule has 1 aromatic carbocycles. The Bertz CT molecular complexity index is 485. The fourth-order valence-corrected chi connectivity index (χ4v) is 3.10. The summed E-state index contributed by atoms with van der Waals surface area (Å²) in [6.45, 7) is 7.76. The number of alkyl halides is 3. The molecule has 0 saturated carbocycles. The zero-order valence-corrected chi connectivity index (χ0v) is 12.8. The van der Waals surface area contributed by atoms with Crippen LogP contribution in [0.5, 0.6) is 0 Å². The topological polar surface area (TPSA) is 15.3 Å². The summed E-state index contributed by atoms with van der Waals surface area (Å²) in [7, 11) is 0. The second-order valence-electron chi connectivity index (χ2n) is 5.82. The van der Waals surface area contributed by atoms with Crippen molar-refractivity contribution in [1.82, 2.24) is 5.32 Å². The molecule has 0 aliphatic carbocycles. The Kier molecular flexibility index (Phi) is 4.81. The molecule has 1 fully saturated rings. The van der Waals surface area contributed by atoms with Crippen molar-refractivity contribution < 1.29 is 13.2 Å². The molecule has 0 amide bonds. The van der Waals surface area contributed by atoms with Crippen molar-refractivity contribution in [3.05, 3.63) is 29.3 Å². The Balaban J connectivity index is 2.22. The molecule has 0 aromatic heterocycles. The van der Waals surface area contributed by atoms with Gasteiger partial charge in [-0.25, -0.2) is 0 Å². The molecule has 2 unspecified atom stereocenters. The van der Waals surface area contributed by atoms with E-state index in [0.717, 1.165) is 37.6 Å². The van der Waals surface area contributed by atoms with Crippen LogP contribution in [-0.2, 0) is 6.18 Å². The quantitative estimate of drug-likeness (QED) is 0.908. The smallest absolute Gasteiger partial charge is 0.368 e. The van der Waals surface area contributed by atoms with Gasteiger partial charge >= 0.3 is 6.18 Å². The van der Waals surface area contributed by atoms with Gasteiger partial charge in [-0.15, -0.1) is 0 Å². The van der Waals surface area contributed by atoms with Gasteiger partial charge in [-0.1, -0.05) is 13.0 Å². The van der Waals surface area contributed by atoms with Crippen LogP contribution in [0.1, 0.15) is 37.8 Å². The van der Waals surface area contributed by atoms with Crippen LogP contribution >= 0.6 is 0 Å². The van der Waals surface area contributed by atoms with E-state index in [1.54, 1.807) is 6.07 Å². The first kappa shape index (κ1) is 16.1. The highest BCUT2D eigenvalue weighted by Crippen LogP contribution is 2.35. The van der Waals surface area contributed by atoms with Gasteiger partial charge in [0.15, 0.2) is 0 Å². The van der Waals surface area contributed by atoms with Crippen molar-refractivity contribution in [2.45, 2.75) is 51.9 Å². The second kappa shape index (κ2) is 6.26. The lowest BCUT2D eigenvalue weighted by Crippen LogP contribution is -2.47. The van der Waals surface area contributed by atoms with Crippen LogP contribution < -0.4 is 10.2 Å². The number of hydrogen-bond donors (Lipinski definition) is 1. The maximum absolute atomic E-state index is 12.9. The van der Waals surface area contributed by atoms with E-state index < -0.39 is 11.7 Å². The highest BCUT2D eigenvalue weighted by atomic mass is 19.4. The summed E-state index contributed by atoms with van der Waals surface area (Å²) in [6, 6.07) is 4.73. The molecular weight excluding hydrogens is 277 g/mol. The van der Waals surface area contributed by atoms with Gasteiger partial charge in [0.1, 0.15) is 0 Å². The van der Waals surface area contributed by atoms with Crippen molar-refractivity contribution in [2.24, 2.45) is 0 Å². The van der Waals surface area contributed by atoms with Gasteiger partial charge in [0.25, 0.3) is 0 Å². The molecule has 2 rings (SSSR count). The minimum absolute atomic E-state index is 0.241. The minimum Gasteiger partial charge on any atom is -0.368 e. The molecule has 21 heavy (non-hydrogen) atoms. The predicted molar refractivity (Wildman–Crippen MR) is 79.7 cm³/mol. The second-order valence-corrected chi connectivity index (χ2v) is 5.82. The highest BCUT2D eigenvalue weighted by molar-refractivity contribution is 5.56. The lowest BCUT2D eigenvalue weighted by molar-refractivity contribution is -0.137. The van der Waals surface area contributed by atoms with Crippen LogP contribution in [0.2, 0.25) is 0 Å². The van der Waals surface area contributed by atoms with Gasteiger partial charge < -0.3 is 10.2 Å². The first-order valence-electron chi connectivity index (χ1n) is 7.50. The maximum Gasteiger partial charge on any atom is 0.416 e. The van der Waals surface area contributed by atoms with Gasteiger partial charge in [0.2, 0.25) is 0 Å². The predicted octanol–water partition coefficient (Wildman–Crippen LogP) is 3.98. The maximum atomic E-state index is 12.9. The standard InChI is InChI=1S/C16H23F3N2/c1-4-20-14-7-8-21(12(3)9-14)15-10-13(16(17,18)19)6-5-11(15)2/h5-6,10,12,14,20H,4,7-9H2,1-3H3. The summed E-state index contributed by atoms with van der Waals surface area (Å²) in [6.07, 6.45) is -2.36. The van der Waals surface area contributed by atoms with Gasteiger partial charge in [-0.05, 0) is 50.9 Å². The number of nitrogens with zero attached hydrogens (tertiary/aromatic N) is 1. The van der Waals surface area contributed by atoms with Crippen molar-refractivity contribution >= 4 is 5.69 Å². The van der Waals surface area contributed by atoms with Gasteiger partial charge in [-0.2, -0.15) is 13.2 Å². The zero-order valence-electron chi connectivity index (χ0n) is 12.8. The SMILES string of the molecule is CCNC1CCN(c2cc(C(F)(F)F)ccc2C)C(C)C1. The molecule has 1 aliphatic rings. The summed E-state index contributed by atoms with van der Waals surface area (Å²) in [5.41, 5.74) is 1.05. The van der Waals surface area contributed by atoms with Crippen molar-refractivity contribution in [3.8, 4) is 0 Å². The third-order valence-corrected chi connectivity index (χ3v) is 4.21. The molecular formula is C16H23F3N2. The summed E-state index contributed by atoms with van der Waals surface area (Å²) in [5.74, 6) is 0. The molecule has 1 aromatic rings. The number of anilines is 1. The summed E-state index contributed by atoms with van der Waals surface area (Å²) < 4.78 is 38.7. The molecule has 0 spiro atoms. The lowest BCUT2D eigenvalue weighted by atomic mass is 9.96. The number of halogens is 3. The Hall–Kier alpha value is -1.23. The van der Waals surface area contributed by atoms with E-state index in [2.05, 4.69) is 24.1 Å². The van der Waals surface area contributed by atoms with Crippen LogP contribution in [0.25, 0.3) is 0 Å². The first-order chi connectivity index (χ1) is 9.82. The van der Waals surface area contributed by atoms with Crippen molar-refractivity contribution in [1.29, 1.82) is 0 Å². The van der Waals surface area contributed by atoms with Gasteiger partial charge in [0.05, 0.1) is 5.56 Å². The summed E-state index contributed by atoms with van der Waals surface area (Å²) in [5, 5.41) is 3.43. The number of nitrogens with one attached hydrogen (secondary N) is 1. The molecule has 2 nitrogen and oxygen atoms in total. The fourth-order valence-electron chi connectivity index (χ4n) is 3.10. The Morgan fingerprint density at radius 1 is 1.33 bits per heavy atom. The number of rotatable bonds is 3. The third kappa shape index (κ3) is 3.70. The van der Waals surface area contributed by atoms with Crippen molar-refractivity contribution in [2.75, 3.05) is 18.0 Å². The molecule has 1 saturated heterocycles. The zero-order chi connectivity index (χ0) is 15.6. The highest BCUT2D eigenvalue weighted by Gasteiger charge is 2.32. The van der Waals surface area contributed by atoms with E-state index in [-0.39, 0.29) is 6.04 Å². The Labute approximate surface area is 124 Å². The summed E-state index contributed by atoms with van der Waals surface area (Å²) >= 11 is 0. The molecule has 0 radical (unpaired) electrons. The van der Waals surface area contributed by atoms with E-state index in [0.29, 0.717) is 11.7 Å². The van der Waals surface area contributed by atoms with Crippen LogP contribution in [0.3, 0.4) is 0 Å². The van der Waals surface area contributed by atoms with Crippen molar-refractivity contribution in [3.63, 3.8) is 0 Å². The van der Waals surface area contributed by atoms with E-state index in [1.807, 2.05) is 6.92 Å². The third-order valence-electron chi connectivity index (χ3n) is 4.21. The monoisotopic (exact) mass is 300 g/mol. The number of benzene rings is 1. The van der Waals surface area contributed by atoms with E-state index in [1.165, 1.54) is 6.07 Å². The van der Waals surface area contributed by atoms with E-state index in [9.17, 15) is 13.2 Å². The average molecular weight is 300 g/mol. The molecule has 0 bridgehead atoms. The normalized spacial score (nSPS) is 23.4. The average Bonchev–Trinajstić information content (AvgIpc) is 2.39. The summed E-state index contributed by atoms with van der Waals surface area (Å²) in [4.78, 5) is 2.11. The van der Waals surface area contributed by atoms with Crippen LogP contribution in [0.15, 0.2) is 18.2 Å². The fraction of sp³-hybridized carbons (Fsp3) is 0.625. The number of aryl methyl sites for hydroxylation is 1. The van der Waals surface area contributed by atoms with Gasteiger partial charge in [0, 0.05) is 24.3 Å². The minimum atomic E-state index is -4.28. The largest absolute Gasteiger partial charge is 0.416 e. The molecule has 1 heterocycles. The Morgan fingerprint density at radius 3 is 2.62 bits per heavy atom. The van der Waals surface area contributed by atoms with Crippen LogP contribution in [0, 0.1) is 6.92 Å². The van der Waals surface area contributed by atoms with Crippen LogP contribution in [0.4, 0.5) is 18.9 Å². The van der Waals surface area contributed by atoms with Gasteiger partial charge in [-0.3, -0.25) is 0 Å². The molecule has 2 atom stereocenters. The molecule has 118 valence electrons. The van der Waals surface area contributed by atoms with Crippen LogP contribution in [-0.4, -0.2) is 25.2 Å². The van der Waals surface area contributed by atoms with E-state index in [4.69, 9.17) is 0 Å². The molecule has 5 heteroatoms.